The zero-order chi connectivity index (χ0) is 15.8. The van der Waals surface area contributed by atoms with Crippen LogP contribution in [0.3, 0.4) is 0 Å². The van der Waals surface area contributed by atoms with Gasteiger partial charge >= 0.3 is 0 Å². The number of aryl methyl sites for hydroxylation is 1. The number of hydrogen-bond donors (Lipinski definition) is 2. The topological polar surface area (TPSA) is 39.7 Å². The summed E-state index contributed by atoms with van der Waals surface area (Å²) in [5.74, 6) is 1.70. The lowest BCUT2D eigenvalue weighted by molar-refractivity contribution is 0.220. The molecule has 0 spiro atoms. The lowest BCUT2D eigenvalue weighted by atomic mass is 9.97. The van der Waals surface area contributed by atoms with Crippen molar-refractivity contribution >= 4 is 5.96 Å². The molecule has 0 saturated carbocycles. The Kier molecular flexibility index (Phi) is 6.72. The fraction of sp³-hybridized carbons (Fsp3) is 0.611. The predicted octanol–water partition coefficient (Wildman–Crippen LogP) is 2.39. The molecule has 1 aliphatic heterocycles. The van der Waals surface area contributed by atoms with Crippen LogP contribution in [-0.2, 0) is 6.54 Å². The van der Waals surface area contributed by atoms with Crippen molar-refractivity contribution in [2.45, 2.75) is 33.2 Å². The number of nitrogens with zero attached hydrogens (tertiary/aromatic N) is 2. The Labute approximate surface area is 135 Å². The normalized spacial score (nSPS) is 17.5. The highest BCUT2D eigenvalue weighted by Gasteiger charge is 2.16. The lowest BCUT2D eigenvalue weighted by Gasteiger charge is -2.29. The van der Waals surface area contributed by atoms with Crippen LogP contribution < -0.4 is 10.6 Å². The minimum Gasteiger partial charge on any atom is -0.357 e. The van der Waals surface area contributed by atoms with Crippen molar-refractivity contribution in [1.82, 2.24) is 15.5 Å². The van der Waals surface area contributed by atoms with Gasteiger partial charge in [0.15, 0.2) is 5.96 Å². The Balaban J connectivity index is 1.84. The van der Waals surface area contributed by atoms with E-state index in [0.29, 0.717) is 0 Å². The van der Waals surface area contributed by atoms with Crippen LogP contribution in [0, 0.1) is 12.8 Å². The van der Waals surface area contributed by atoms with Crippen molar-refractivity contribution in [3.05, 3.63) is 35.4 Å². The van der Waals surface area contributed by atoms with Gasteiger partial charge in [-0.05, 0) is 58.3 Å². The number of likely N-dealkylation sites (tertiary alicyclic amines) is 1. The van der Waals surface area contributed by atoms with Crippen molar-refractivity contribution in [2.24, 2.45) is 10.9 Å². The molecule has 2 rings (SSSR count). The van der Waals surface area contributed by atoms with Crippen LogP contribution in [0.15, 0.2) is 29.3 Å². The van der Waals surface area contributed by atoms with E-state index in [1.807, 2.05) is 0 Å². The summed E-state index contributed by atoms with van der Waals surface area (Å²) in [5.41, 5.74) is 2.55. The minimum atomic E-state index is 0.727. The van der Waals surface area contributed by atoms with Crippen LogP contribution in [-0.4, -0.2) is 44.1 Å². The summed E-state index contributed by atoms with van der Waals surface area (Å²) in [4.78, 5) is 7.12. The molecule has 1 fully saturated rings. The molecule has 0 atom stereocenters. The number of piperidine rings is 1. The molecule has 1 aromatic rings. The van der Waals surface area contributed by atoms with E-state index in [4.69, 9.17) is 4.99 Å². The van der Waals surface area contributed by atoms with E-state index in [0.717, 1.165) is 31.5 Å². The third-order valence-electron chi connectivity index (χ3n) is 4.24. The number of benzene rings is 1. The molecule has 0 unspecified atom stereocenters. The van der Waals surface area contributed by atoms with Gasteiger partial charge in [-0.15, -0.1) is 0 Å². The van der Waals surface area contributed by atoms with Crippen LogP contribution in [0.25, 0.3) is 0 Å². The highest BCUT2D eigenvalue weighted by molar-refractivity contribution is 5.79. The quantitative estimate of drug-likeness (QED) is 0.648. The third-order valence-corrected chi connectivity index (χ3v) is 4.24. The highest BCUT2D eigenvalue weighted by atomic mass is 15.2. The summed E-state index contributed by atoms with van der Waals surface area (Å²) >= 11 is 0. The molecule has 0 aliphatic carbocycles. The first kappa shape index (κ1) is 16.8. The van der Waals surface area contributed by atoms with Crippen molar-refractivity contribution in [2.75, 3.05) is 33.2 Å². The molecule has 1 heterocycles. The fourth-order valence-electron chi connectivity index (χ4n) is 2.83. The summed E-state index contributed by atoms with van der Waals surface area (Å²) in [6.45, 7) is 9.30. The first-order chi connectivity index (χ1) is 10.7. The zero-order valence-electron chi connectivity index (χ0n) is 14.2. The standard InChI is InChI=1S/C18H30N4/c1-4-19-18(20-13-16-8-10-22(3)11-9-16)21-14-17-7-5-6-15(2)12-17/h5-7,12,16H,4,8-11,13-14H2,1-3H3,(H2,19,20,21). The number of nitrogens with one attached hydrogen (secondary N) is 2. The molecule has 4 nitrogen and oxygen atoms in total. The van der Waals surface area contributed by atoms with Gasteiger partial charge in [-0.2, -0.15) is 0 Å². The maximum atomic E-state index is 4.71. The van der Waals surface area contributed by atoms with Gasteiger partial charge in [0.2, 0.25) is 0 Å². The Hall–Kier alpha value is -1.55. The molecule has 1 saturated heterocycles. The van der Waals surface area contributed by atoms with Gasteiger partial charge < -0.3 is 15.5 Å². The molecule has 122 valence electrons. The molecule has 1 aliphatic rings. The maximum absolute atomic E-state index is 4.71. The summed E-state index contributed by atoms with van der Waals surface area (Å²) in [6.07, 6.45) is 2.56. The average Bonchev–Trinajstić information content (AvgIpc) is 2.52. The van der Waals surface area contributed by atoms with Crippen LogP contribution >= 0.6 is 0 Å². The van der Waals surface area contributed by atoms with E-state index < -0.39 is 0 Å². The SMILES string of the molecule is CCNC(=NCc1cccc(C)c1)NCC1CCN(C)CC1. The molecule has 22 heavy (non-hydrogen) atoms. The molecule has 0 aromatic heterocycles. The van der Waals surface area contributed by atoms with E-state index in [-0.39, 0.29) is 0 Å². The van der Waals surface area contributed by atoms with Crippen LogP contribution in [0.1, 0.15) is 30.9 Å². The Morgan fingerprint density at radius 1 is 1.27 bits per heavy atom. The second-order valence-corrected chi connectivity index (χ2v) is 6.31. The van der Waals surface area contributed by atoms with Gasteiger partial charge in [-0.25, -0.2) is 4.99 Å². The first-order valence-corrected chi connectivity index (χ1v) is 8.43. The fourth-order valence-corrected chi connectivity index (χ4v) is 2.83. The molecule has 4 heteroatoms. The average molecular weight is 302 g/mol. The van der Waals surface area contributed by atoms with Crippen molar-refractivity contribution < 1.29 is 0 Å². The molecule has 0 bridgehead atoms. The zero-order valence-corrected chi connectivity index (χ0v) is 14.2. The molecule has 2 N–H and O–H groups in total. The van der Waals surface area contributed by atoms with Gasteiger partial charge in [0.1, 0.15) is 0 Å². The summed E-state index contributed by atoms with van der Waals surface area (Å²) < 4.78 is 0. The summed E-state index contributed by atoms with van der Waals surface area (Å²) in [5, 5.41) is 6.85. The molecule has 1 aromatic carbocycles. The van der Waals surface area contributed by atoms with Gasteiger partial charge in [0.25, 0.3) is 0 Å². The summed E-state index contributed by atoms with van der Waals surface area (Å²) in [7, 11) is 2.21. The molecular weight excluding hydrogens is 272 g/mol. The minimum absolute atomic E-state index is 0.727. The van der Waals surface area contributed by atoms with Crippen LogP contribution in [0.2, 0.25) is 0 Å². The number of guanidine groups is 1. The van der Waals surface area contributed by atoms with E-state index in [1.54, 1.807) is 0 Å². The number of aliphatic imine (C=N–C) groups is 1. The Morgan fingerprint density at radius 3 is 2.73 bits per heavy atom. The van der Waals surface area contributed by atoms with Gasteiger partial charge in [-0.3, -0.25) is 0 Å². The summed E-state index contributed by atoms with van der Waals surface area (Å²) in [6, 6.07) is 8.55. The molecular formula is C18H30N4. The monoisotopic (exact) mass is 302 g/mol. The lowest BCUT2D eigenvalue weighted by Crippen LogP contribution is -2.42. The molecule has 0 amide bonds. The van der Waals surface area contributed by atoms with Gasteiger partial charge in [0.05, 0.1) is 6.54 Å². The Bertz CT molecular complexity index is 476. The maximum Gasteiger partial charge on any atom is 0.191 e. The second kappa shape index (κ2) is 8.79. The van der Waals surface area contributed by atoms with E-state index in [9.17, 15) is 0 Å². The van der Waals surface area contributed by atoms with Crippen LogP contribution in [0.5, 0.6) is 0 Å². The van der Waals surface area contributed by atoms with Crippen molar-refractivity contribution in [3.8, 4) is 0 Å². The van der Waals surface area contributed by atoms with Crippen molar-refractivity contribution in [1.29, 1.82) is 0 Å². The second-order valence-electron chi connectivity index (χ2n) is 6.31. The van der Waals surface area contributed by atoms with Gasteiger partial charge in [0, 0.05) is 13.1 Å². The smallest absolute Gasteiger partial charge is 0.191 e. The highest BCUT2D eigenvalue weighted by Crippen LogP contribution is 2.14. The third kappa shape index (κ3) is 5.68. The first-order valence-electron chi connectivity index (χ1n) is 8.43. The van der Waals surface area contributed by atoms with Crippen molar-refractivity contribution in [3.63, 3.8) is 0 Å². The predicted molar refractivity (Wildman–Crippen MR) is 94.2 cm³/mol. The Morgan fingerprint density at radius 2 is 2.05 bits per heavy atom. The number of rotatable bonds is 5. The molecule has 0 radical (unpaired) electrons. The van der Waals surface area contributed by atoms with E-state index in [1.165, 1.54) is 37.1 Å². The van der Waals surface area contributed by atoms with E-state index >= 15 is 0 Å². The van der Waals surface area contributed by atoms with Crippen LogP contribution in [0.4, 0.5) is 0 Å². The van der Waals surface area contributed by atoms with Gasteiger partial charge in [-0.1, -0.05) is 29.8 Å². The largest absolute Gasteiger partial charge is 0.357 e. The van der Waals surface area contributed by atoms with E-state index in [2.05, 4.69) is 60.7 Å². The number of hydrogen-bond acceptors (Lipinski definition) is 2.